The van der Waals surface area contributed by atoms with Crippen molar-refractivity contribution in [3.05, 3.63) is 27.7 Å². The van der Waals surface area contributed by atoms with E-state index in [2.05, 4.69) is 0 Å². The lowest BCUT2D eigenvalue weighted by atomic mass is 9.97. The first-order chi connectivity index (χ1) is 9.11. The Kier molecular flexibility index (Phi) is 5.12. The fourth-order valence-corrected chi connectivity index (χ4v) is 3.07. The number of benzene rings is 1. The first kappa shape index (κ1) is 14.7. The van der Waals surface area contributed by atoms with Crippen LogP contribution in [0.15, 0.2) is 12.1 Å². The fraction of sp³-hybridized carbons (Fsp3) is 0.533. The van der Waals surface area contributed by atoms with E-state index in [1.165, 1.54) is 12.8 Å². The van der Waals surface area contributed by atoms with Crippen LogP contribution in [0.5, 0.6) is 5.75 Å². The van der Waals surface area contributed by atoms with Gasteiger partial charge in [0.2, 0.25) is 0 Å². The molecule has 1 aliphatic carbocycles. The molecule has 0 bridgehead atoms. The van der Waals surface area contributed by atoms with Gasteiger partial charge in [-0.2, -0.15) is 0 Å². The lowest BCUT2D eigenvalue weighted by molar-refractivity contribution is 0.0962. The first-order valence-electron chi connectivity index (χ1n) is 6.76. The van der Waals surface area contributed by atoms with Gasteiger partial charge in [0.1, 0.15) is 5.75 Å². The molecule has 0 N–H and O–H groups in total. The normalized spacial score (nSPS) is 15.7. The molecule has 0 atom stereocenters. The van der Waals surface area contributed by atoms with Crippen molar-refractivity contribution < 1.29 is 9.53 Å². The van der Waals surface area contributed by atoms with Gasteiger partial charge in [-0.15, -0.1) is 0 Å². The number of rotatable bonds is 5. The second-order valence-electron chi connectivity index (χ2n) is 4.97. The SMILES string of the molecule is CCOc1cc(Cl)c(C(=O)CC2CCCC2)cc1Cl. The Morgan fingerprint density at radius 2 is 1.95 bits per heavy atom. The number of hydrogen-bond donors (Lipinski definition) is 0. The molecule has 19 heavy (non-hydrogen) atoms. The largest absolute Gasteiger partial charge is 0.492 e. The van der Waals surface area contributed by atoms with Crippen LogP contribution in [-0.4, -0.2) is 12.4 Å². The Morgan fingerprint density at radius 3 is 2.58 bits per heavy atom. The van der Waals surface area contributed by atoms with Gasteiger partial charge in [0.15, 0.2) is 5.78 Å². The number of carbonyl (C=O) groups excluding carboxylic acids is 1. The summed E-state index contributed by atoms with van der Waals surface area (Å²) in [6.07, 6.45) is 5.33. The van der Waals surface area contributed by atoms with E-state index in [9.17, 15) is 4.79 Å². The summed E-state index contributed by atoms with van der Waals surface area (Å²) in [5, 5.41) is 0.872. The zero-order chi connectivity index (χ0) is 13.8. The molecule has 2 rings (SSSR count). The molecule has 1 aromatic rings. The third kappa shape index (κ3) is 3.64. The van der Waals surface area contributed by atoms with E-state index < -0.39 is 0 Å². The molecule has 0 aromatic heterocycles. The van der Waals surface area contributed by atoms with Crippen LogP contribution in [0.2, 0.25) is 10.0 Å². The Bertz CT molecular complexity index is 465. The number of ketones is 1. The van der Waals surface area contributed by atoms with Gasteiger partial charge < -0.3 is 4.74 Å². The predicted octanol–water partition coefficient (Wildman–Crippen LogP) is 5.16. The van der Waals surface area contributed by atoms with Crippen LogP contribution in [0, 0.1) is 5.92 Å². The van der Waals surface area contributed by atoms with E-state index in [0.29, 0.717) is 40.3 Å². The van der Waals surface area contributed by atoms with Crippen molar-refractivity contribution in [1.29, 1.82) is 0 Å². The highest BCUT2D eigenvalue weighted by molar-refractivity contribution is 6.36. The van der Waals surface area contributed by atoms with Gasteiger partial charge in [-0.25, -0.2) is 0 Å². The van der Waals surface area contributed by atoms with Crippen molar-refractivity contribution in [2.45, 2.75) is 39.0 Å². The molecule has 0 unspecified atom stereocenters. The van der Waals surface area contributed by atoms with Crippen LogP contribution >= 0.6 is 23.2 Å². The minimum atomic E-state index is 0.0850. The standard InChI is InChI=1S/C15H18Cl2O2/c1-2-19-15-9-12(16)11(8-13(15)17)14(18)7-10-5-3-4-6-10/h8-10H,2-7H2,1H3. The van der Waals surface area contributed by atoms with Crippen molar-refractivity contribution in [1.82, 2.24) is 0 Å². The van der Waals surface area contributed by atoms with E-state index in [1.54, 1.807) is 12.1 Å². The lowest BCUT2D eigenvalue weighted by Crippen LogP contribution is -2.07. The summed E-state index contributed by atoms with van der Waals surface area (Å²) in [7, 11) is 0. The monoisotopic (exact) mass is 300 g/mol. The molecule has 0 spiro atoms. The number of halogens is 2. The lowest BCUT2D eigenvalue weighted by Gasteiger charge is -2.11. The molecule has 0 radical (unpaired) electrons. The zero-order valence-electron chi connectivity index (χ0n) is 11.0. The molecule has 104 valence electrons. The van der Waals surface area contributed by atoms with E-state index in [4.69, 9.17) is 27.9 Å². The van der Waals surface area contributed by atoms with Crippen molar-refractivity contribution in [3.8, 4) is 5.75 Å². The van der Waals surface area contributed by atoms with Crippen LogP contribution in [0.1, 0.15) is 49.4 Å². The van der Waals surface area contributed by atoms with E-state index >= 15 is 0 Å². The highest BCUT2D eigenvalue weighted by Crippen LogP contribution is 2.34. The fourth-order valence-electron chi connectivity index (χ4n) is 2.60. The highest BCUT2D eigenvalue weighted by Gasteiger charge is 2.21. The minimum absolute atomic E-state index is 0.0850. The van der Waals surface area contributed by atoms with Gasteiger partial charge in [-0.3, -0.25) is 4.79 Å². The Hall–Kier alpha value is -0.730. The molecule has 4 heteroatoms. The van der Waals surface area contributed by atoms with Crippen LogP contribution in [0.25, 0.3) is 0 Å². The van der Waals surface area contributed by atoms with Crippen LogP contribution in [0.4, 0.5) is 0 Å². The van der Waals surface area contributed by atoms with Gasteiger partial charge in [0.25, 0.3) is 0 Å². The third-order valence-electron chi connectivity index (χ3n) is 3.57. The van der Waals surface area contributed by atoms with Gasteiger partial charge >= 0.3 is 0 Å². The third-order valence-corrected chi connectivity index (χ3v) is 4.18. The Balaban J connectivity index is 2.14. The average molecular weight is 301 g/mol. The molecular formula is C15H18Cl2O2. The van der Waals surface area contributed by atoms with E-state index in [-0.39, 0.29) is 5.78 Å². The second kappa shape index (κ2) is 6.62. The number of Topliss-reactive ketones (excluding diaryl/α,β-unsaturated/α-hetero) is 1. The average Bonchev–Trinajstić information content (AvgIpc) is 2.86. The van der Waals surface area contributed by atoms with Gasteiger partial charge in [0.05, 0.1) is 16.7 Å². The molecular weight excluding hydrogens is 283 g/mol. The summed E-state index contributed by atoms with van der Waals surface area (Å²) in [6, 6.07) is 3.27. The predicted molar refractivity (Wildman–Crippen MR) is 78.5 cm³/mol. The smallest absolute Gasteiger partial charge is 0.164 e. The van der Waals surface area contributed by atoms with E-state index in [1.807, 2.05) is 6.92 Å². The maximum atomic E-state index is 12.3. The first-order valence-corrected chi connectivity index (χ1v) is 7.52. The number of hydrogen-bond acceptors (Lipinski definition) is 2. The highest BCUT2D eigenvalue weighted by atomic mass is 35.5. The second-order valence-corrected chi connectivity index (χ2v) is 5.79. The maximum absolute atomic E-state index is 12.3. The molecule has 0 heterocycles. The number of carbonyl (C=O) groups is 1. The molecule has 0 aliphatic heterocycles. The molecule has 0 saturated heterocycles. The summed E-state index contributed by atoms with van der Waals surface area (Å²) in [5.74, 6) is 1.13. The molecule has 1 fully saturated rings. The summed E-state index contributed by atoms with van der Waals surface area (Å²) >= 11 is 12.3. The Morgan fingerprint density at radius 1 is 1.26 bits per heavy atom. The maximum Gasteiger partial charge on any atom is 0.164 e. The summed E-state index contributed by atoms with van der Waals surface area (Å²) in [6.45, 7) is 2.40. The molecule has 1 aliphatic rings. The van der Waals surface area contributed by atoms with Crippen LogP contribution < -0.4 is 4.74 Å². The van der Waals surface area contributed by atoms with Gasteiger partial charge in [-0.05, 0) is 18.9 Å². The van der Waals surface area contributed by atoms with Crippen LogP contribution in [0.3, 0.4) is 0 Å². The molecule has 1 aromatic carbocycles. The molecule has 0 amide bonds. The topological polar surface area (TPSA) is 26.3 Å². The Labute approximate surface area is 124 Å². The van der Waals surface area contributed by atoms with Crippen molar-refractivity contribution >= 4 is 29.0 Å². The molecule has 1 saturated carbocycles. The summed E-state index contributed by atoms with van der Waals surface area (Å²) in [4.78, 5) is 12.3. The van der Waals surface area contributed by atoms with Gasteiger partial charge in [0, 0.05) is 18.1 Å². The van der Waals surface area contributed by atoms with Crippen molar-refractivity contribution in [2.75, 3.05) is 6.61 Å². The van der Waals surface area contributed by atoms with Crippen LogP contribution in [-0.2, 0) is 0 Å². The van der Waals surface area contributed by atoms with E-state index in [0.717, 1.165) is 12.8 Å². The molecule has 2 nitrogen and oxygen atoms in total. The summed E-state index contributed by atoms with van der Waals surface area (Å²) < 4.78 is 5.36. The van der Waals surface area contributed by atoms with Gasteiger partial charge in [-0.1, -0.05) is 48.9 Å². The summed E-state index contributed by atoms with van der Waals surface area (Å²) in [5.41, 5.74) is 0.516. The minimum Gasteiger partial charge on any atom is -0.492 e. The quantitative estimate of drug-likeness (QED) is 0.703. The number of ether oxygens (including phenoxy) is 1. The van der Waals surface area contributed by atoms with Crippen molar-refractivity contribution in [3.63, 3.8) is 0 Å². The van der Waals surface area contributed by atoms with Crippen molar-refractivity contribution in [2.24, 2.45) is 5.92 Å². The zero-order valence-corrected chi connectivity index (χ0v) is 12.6.